The van der Waals surface area contributed by atoms with Crippen molar-refractivity contribution in [2.24, 2.45) is 0 Å². The molecule has 0 saturated heterocycles. The number of fused-ring (bicyclic) bond motifs is 1. The zero-order valence-electron chi connectivity index (χ0n) is 11.7. The summed E-state index contributed by atoms with van der Waals surface area (Å²) in [6, 6.07) is 7.06. The van der Waals surface area contributed by atoms with E-state index in [2.05, 4.69) is 22.2 Å². The summed E-state index contributed by atoms with van der Waals surface area (Å²) in [5.74, 6) is 1.99. The van der Waals surface area contributed by atoms with Gasteiger partial charge in [0, 0.05) is 23.4 Å². The van der Waals surface area contributed by atoms with Crippen LogP contribution in [0.2, 0.25) is 0 Å². The van der Waals surface area contributed by atoms with Crippen molar-refractivity contribution in [2.45, 2.75) is 32.6 Å². The van der Waals surface area contributed by atoms with Gasteiger partial charge in [-0.3, -0.25) is 0 Å². The lowest BCUT2D eigenvalue weighted by molar-refractivity contribution is 0.475. The molecule has 0 atom stereocenters. The number of nitrogens with zero attached hydrogens (tertiary/aromatic N) is 2. The molecule has 104 valence electrons. The van der Waals surface area contributed by atoms with E-state index in [1.54, 1.807) is 12.1 Å². The van der Waals surface area contributed by atoms with Crippen molar-refractivity contribution in [2.75, 3.05) is 11.9 Å². The summed E-state index contributed by atoms with van der Waals surface area (Å²) in [4.78, 5) is 9.37. The predicted molar refractivity (Wildman–Crippen MR) is 79.9 cm³/mol. The number of phenolic OH excluding ortho intramolecular Hbond substituents is 1. The van der Waals surface area contributed by atoms with Crippen LogP contribution in [0.3, 0.4) is 0 Å². The second kappa shape index (κ2) is 5.49. The van der Waals surface area contributed by atoms with E-state index in [0.29, 0.717) is 0 Å². The highest BCUT2D eigenvalue weighted by molar-refractivity contribution is 5.61. The van der Waals surface area contributed by atoms with E-state index in [1.165, 1.54) is 11.3 Å². The van der Waals surface area contributed by atoms with Gasteiger partial charge in [0.2, 0.25) is 0 Å². The third-order valence-corrected chi connectivity index (χ3v) is 3.60. The van der Waals surface area contributed by atoms with Gasteiger partial charge in [-0.15, -0.1) is 0 Å². The molecule has 1 heterocycles. The number of benzene rings is 1. The summed E-state index contributed by atoms with van der Waals surface area (Å²) >= 11 is 0. The Balaban J connectivity index is 2.01. The first kappa shape index (κ1) is 12.9. The normalized spacial score (nSPS) is 13.2. The first-order chi connectivity index (χ1) is 9.78. The molecule has 0 unspecified atom stereocenters. The fourth-order valence-corrected chi connectivity index (χ4v) is 2.56. The number of rotatable bonds is 4. The van der Waals surface area contributed by atoms with E-state index in [0.717, 1.165) is 49.4 Å². The number of anilines is 1. The lowest BCUT2D eigenvalue weighted by atomic mass is 10.1. The Morgan fingerprint density at radius 2 is 1.95 bits per heavy atom. The Kier molecular flexibility index (Phi) is 3.54. The Morgan fingerprint density at radius 3 is 2.70 bits per heavy atom. The molecular formula is C16H19N3O. The monoisotopic (exact) mass is 269 g/mol. The number of phenols is 1. The van der Waals surface area contributed by atoms with E-state index in [4.69, 9.17) is 0 Å². The van der Waals surface area contributed by atoms with E-state index < -0.39 is 0 Å². The van der Waals surface area contributed by atoms with E-state index >= 15 is 0 Å². The van der Waals surface area contributed by atoms with Crippen LogP contribution in [0.25, 0.3) is 11.4 Å². The van der Waals surface area contributed by atoms with Gasteiger partial charge in [0.15, 0.2) is 5.82 Å². The molecule has 2 N–H and O–H groups in total. The van der Waals surface area contributed by atoms with Crippen LogP contribution in [0.4, 0.5) is 5.82 Å². The molecule has 0 spiro atoms. The number of hydrogen-bond donors (Lipinski definition) is 2. The van der Waals surface area contributed by atoms with E-state index in [-0.39, 0.29) is 5.75 Å². The minimum atomic E-state index is 0.263. The van der Waals surface area contributed by atoms with Gasteiger partial charge in [-0.2, -0.15) is 0 Å². The lowest BCUT2D eigenvalue weighted by Crippen LogP contribution is -2.08. The number of aromatic nitrogens is 2. The molecule has 0 amide bonds. The molecule has 4 heteroatoms. The molecule has 4 nitrogen and oxygen atoms in total. The highest BCUT2D eigenvalue weighted by Gasteiger charge is 2.19. The van der Waals surface area contributed by atoms with E-state index in [9.17, 15) is 5.11 Å². The van der Waals surface area contributed by atoms with Gasteiger partial charge in [0.25, 0.3) is 0 Å². The highest BCUT2D eigenvalue weighted by Crippen LogP contribution is 2.29. The number of aryl methyl sites for hydroxylation is 1. The van der Waals surface area contributed by atoms with Gasteiger partial charge in [0.05, 0.1) is 0 Å². The Morgan fingerprint density at radius 1 is 1.15 bits per heavy atom. The number of aromatic hydroxyl groups is 1. The molecule has 0 radical (unpaired) electrons. The van der Waals surface area contributed by atoms with Crippen LogP contribution in [0.15, 0.2) is 24.3 Å². The standard InChI is InChI=1S/C16H19N3O/c1-2-10-17-16-13-4-3-5-14(13)18-15(19-16)11-6-8-12(20)9-7-11/h6-9,20H,2-5,10H2,1H3,(H,17,18,19). The van der Waals surface area contributed by atoms with Crippen LogP contribution in [0.5, 0.6) is 5.75 Å². The third-order valence-electron chi connectivity index (χ3n) is 3.60. The molecule has 1 aromatic carbocycles. The first-order valence-electron chi connectivity index (χ1n) is 7.21. The summed E-state index contributed by atoms with van der Waals surface area (Å²) in [6.07, 6.45) is 4.33. The summed E-state index contributed by atoms with van der Waals surface area (Å²) < 4.78 is 0. The van der Waals surface area contributed by atoms with Crippen LogP contribution in [-0.2, 0) is 12.8 Å². The van der Waals surface area contributed by atoms with Crippen molar-refractivity contribution in [3.8, 4) is 17.1 Å². The maximum atomic E-state index is 9.38. The molecule has 0 fully saturated rings. The predicted octanol–water partition coefficient (Wildman–Crippen LogP) is 3.16. The number of hydrogen-bond acceptors (Lipinski definition) is 4. The largest absolute Gasteiger partial charge is 0.508 e. The second-order valence-electron chi connectivity index (χ2n) is 5.15. The molecular weight excluding hydrogens is 250 g/mol. The first-order valence-corrected chi connectivity index (χ1v) is 7.21. The second-order valence-corrected chi connectivity index (χ2v) is 5.15. The Labute approximate surface area is 118 Å². The SMILES string of the molecule is CCCNc1nc(-c2ccc(O)cc2)nc2c1CCC2. The molecule has 0 saturated carbocycles. The Bertz CT molecular complexity index is 608. The molecule has 20 heavy (non-hydrogen) atoms. The molecule has 1 aromatic heterocycles. The van der Waals surface area contributed by atoms with Crippen LogP contribution >= 0.6 is 0 Å². The molecule has 1 aliphatic rings. The van der Waals surface area contributed by atoms with Crippen LogP contribution in [0.1, 0.15) is 31.0 Å². The molecule has 0 aliphatic heterocycles. The number of nitrogens with one attached hydrogen (secondary N) is 1. The maximum Gasteiger partial charge on any atom is 0.161 e. The summed E-state index contributed by atoms with van der Waals surface area (Å²) in [5, 5.41) is 12.8. The summed E-state index contributed by atoms with van der Waals surface area (Å²) in [6.45, 7) is 3.08. The minimum absolute atomic E-state index is 0.263. The van der Waals surface area contributed by atoms with Crippen LogP contribution in [-0.4, -0.2) is 21.6 Å². The molecule has 3 rings (SSSR count). The van der Waals surface area contributed by atoms with Crippen LogP contribution < -0.4 is 5.32 Å². The lowest BCUT2D eigenvalue weighted by Gasteiger charge is -2.11. The van der Waals surface area contributed by atoms with Gasteiger partial charge in [0.1, 0.15) is 11.6 Å². The van der Waals surface area contributed by atoms with Gasteiger partial charge < -0.3 is 10.4 Å². The van der Waals surface area contributed by atoms with Gasteiger partial charge >= 0.3 is 0 Å². The maximum absolute atomic E-state index is 9.38. The molecule has 2 aromatic rings. The zero-order valence-corrected chi connectivity index (χ0v) is 11.7. The fourth-order valence-electron chi connectivity index (χ4n) is 2.56. The van der Waals surface area contributed by atoms with Gasteiger partial charge in [-0.1, -0.05) is 6.92 Å². The van der Waals surface area contributed by atoms with Gasteiger partial charge in [-0.05, 0) is 49.9 Å². The average molecular weight is 269 g/mol. The van der Waals surface area contributed by atoms with Crippen molar-refractivity contribution in [3.63, 3.8) is 0 Å². The fraction of sp³-hybridized carbons (Fsp3) is 0.375. The highest BCUT2D eigenvalue weighted by atomic mass is 16.3. The van der Waals surface area contributed by atoms with Crippen LogP contribution in [0, 0.1) is 0 Å². The summed E-state index contributed by atoms with van der Waals surface area (Å²) in [5.41, 5.74) is 3.39. The van der Waals surface area contributed by atoms with Crippen molar-refractivity contribution in [1.29, 1.82) is 0 Å². The smallest absolute Gasteiger partial charge is 0.161 e. The molecule has 0 bridgehead atoms. The topological polar surface area (TPSA) is 58.0 Å². The van der Waals surface area contributed by atoms with Crippen molar-refractivity contribution < 1.29 is 5.11 Å². The van der Waals surface area contributed by atoms with Gasteiger partial charge in [-0.25, -0.2) is 9.97 Å². The quantitative estimate of drug-likeness (QED) is 0.895. The zero-order chi connectivity index (χ0) is 13.9. The van der Waals surface area contributed by atoms with E-state index in [1.807, 2.05) is 12.1 Å². The average Bonchev–Trinajstić information content (AvgIpc) is 2.94. The summed E-state index contributed by atoms with van der Waals surface area (Å²) in [7, 11) is 0. The Hall–Kier alpha value is -2.10. The van der Waals surface area contributed by atoms with Crippen molar-refractivity contribution in [3.05, 3.63) is 35.5 Å². The third kappa shape index (κ3) is 2.46. The minimum Gasteiger partial charge on any atom is -0.508 e. The molecule has 1 aliphatic carbocycles. The van der Waals surface area contributed by atoms with Crippen molar-refractivity contribution >= 4 is 5.82 Å². The van der Waals surface area contributed by atoms with Crippen molar-refractivity contribution in [1.82, 2.24) is 9.97 Å².